The van der Waals surface area contributed by atoms with Crippen LogP contribution >= 0.6 is 34.8 Å². The van der Waals surface area contributed by atoms with Crippen LogP contribution in [0.5, 0.6) is 0 Å². The van der Waals surface area contributed by atoms with E-state index < -0.39 is 5.97 Å². The van der Waals surface area contributed by atoms with Crippen LogP contribution in [0.3, 0.4) is 0 Å². The molecule has 0 unspecified atom stereocenters. The van der Waals surface area contributed by atoms with Crippen molar-refractivity contribution in [1.82, 2.24) is 25.2 Å². The summed E-state index contributed by atoms with van der Waals surface area (Å²) in [6.07, 6.45) is 0.836. The van der Waals surface area contributed by atoms with E-state index in [1.807, 2.05) is 6.92 Å². The van der Waals surface area contributed by atoms with Gasteiger partial charge in [0, 0.05) is 6.54 Å². The highest BCUT2D eigenvalue weighted by Gasteiger charge is 2.21. The zero-order valence-corrected chi connectivity index (χ0v) is 13.7. The first-order valence-corrected chi connectivity index (χ1v) is 7.31. The van der Waals surface area contributed by atoms with Crippen LogP contribution in [0, 0.1) is 0 Å². The van der Waals surface area contributed by atoms with Gasteiger partial charge < -0.3 is 10.5 Å². The highest BCUT2D eigenvalue weighted by atomic mass is 35.5. The normalized spacial score (nSPS) is 10.7. The van der Waals surface area contributed by atoms with Gasteiger partial charge in [-0.3, -0.25) is 0 Å². The second kappa shape index (κ2) is 7.08. The maximum atomic E-state index is 12.0. The number of hydrogen-bond donors (Lipinski definition) is 1. The van der Waals surface area contributed by atoms with Crippen LogP contribution in [0.4, 0.5) is 5.69 Å². The zero-order valence-electron chi connectivity index (χ0n) is 11.4. The largest absolute Gasteiger partial charge is 0.453 e. The van der Waals surface area contributed by atoms with E-state index in [-0.39, 0.29) is 33.2 Å². The van der Waals surface area contributed by atoms with E-state index in [1.165, 1.54) is 4.68 Å². The maximum absolute atomic E-state index is 12.0. The molecule has 0 fully saturated rings. The summed E-state index contributed by atoms with van der Waals surface area (Å²) in [5.74, 6) is -0.402. The van der Waals surface area contributed by atoms with Gasteiger partial charge in [0.1, 0.15) is 5.02 Å². The lowest BCUT2D eigenvalue weighted by Gasteiger charge is -2.09. The second-order valence-electron chi connectivity index (χ2n) is 4.19. The van der Waals surface area contributed by atoms with Gasteiger partial charge in [0.2, 0.25) is 0 Å². The van der Waals surface area contributed by atoms with Gasteiger partial charge in [0.05, 0.1) is 10.7 Å². The summed E-state index contributed by atoms with van der Waals surface area (Å²) in [7, 11) is 0. The molecule has 0 radical (unpaired) electrons. The number of nitrogens with zero attached hydrogens (tertiary/aromatic N) is 5. The van der Waals surface area contributed by atoms with Crippen LogP contribution in [0.2, 0.25) is 15.2 Å². The van der Waals surface area contributed by atoms with Crippen LogP contribution < -0.4 is 5.73 Å². The van der Waals surface area contributed by atoms with E-state index >= 15 is 0 Å². The minimum absolute atomic E-state index is 0.0184. The Morgan fingerprint density at radius 3 is 2.73 bits per heavy atom. The van der Waals surface area contributed by atoms with Gasteiger partial charge >= 0.3 is 5.97 Å². The summed E-state index contributed by atoms with van der Waals surface area (Å²) in [4.78, 5) is 15.8. The van der Waals surface area contributed by atoms with Crippen LogP contribution in [0.1, 0.15) is 29.7 Å². The molecule has 0 aromatic carbocycles. The fourth-order valence-corrected chi connectivity index (χ4v) is 2.16. The molecular formula is C11H11Cl3N6O2. The highest BCUT2D eigenvalue weighted by molar-refractivity contribution is 6.46. The minimum Gasteiger partial charge on any atom is -0.453 e. The van der Waals surface area contributed by atoms with Gasteiger partial charge in [0.15, 0.2) is 23.3 Å². The number of hydrogen-bond acceptors (Lipinski definition) is 7. The van der Waals surface area contributed by atoms with Crippen LogP contribution in [0.15, 0.2) is 0 Å². The van der Waals surface area contributed by atoms with Crippen molar-refractivity contribution in [3.63, 3.8) is 0 Å². The van der Waals surface area contributed by atoms with E-state index in [9.17, 15) is 4.79 Å². The number of carbonyl (C=O) groups excluding carboxylic acids is 1. The number of carbonyl (C=O) groups is 1. The van der Waals surface area contributed by atoms with Crippen molar-refractivity contribution in [2.24, 2.45) is 0 Å². The van der Waals surface area contributed by atoms with E-state index in [1.54, 1.807) is 0 Å². The van der Waals surface area contributed by atoms with Crippen molar-refractivity contribution in [2.75, 3.05) is 5.73 Å². The number of nitrogens with two attached hydrogens (primary N) is 1. The summed E-state index contributed by atoms with van der Waals surface area (Å²) >= 11 is 17.5. The monoisotopic (exact) mass is 364 g/mol. The number of ether oxygens (including phenoxy) is 1. The van der Waals surface area contributed by atoms with Gasteiger partial charge in [-0.1, -0.05) is 41.7 Å². The number of aryl methyl sites for hydroxylation is 1. The van der Waals surface area contributed by atoms with Crippen molar-refractivity contribution in [3.05, 3.63) is 26.7 Å². The number of halogens is 3. The highest BCUT2D eigenvalue weighted by Crippen LogP contribution is 2.34. The molecule has 2 N–H and O–H groups in total. The quantitative estimate of drug-likeness (QED) is 0.640. The zero-order chi connectivity index (χ0) is 16.3. The van der Waals surface area contributed by atoms with Crippen LogP contribution in [-0.2, 0) is 17.9 Å². The maximum Gasteiger partial charge on any atom is 0.359 e. The number of esters is 1. The molecule has 0 atom stereocenters. The summed E-state index contributed by atoms with van der Waals surface area (Å²) in [5, 5.41) is 10.8. The number of anilines is 1. The summed E-state index contributed by atoms with van der Waals surface area (Å²) < 4.78 is 6.62. The third-order valence-electron chi connectivity index (χ3n) is 2.64. The van der Waals surface area contributed by atoms with Crippen molar-refractivity contribution in [2.45, 2.75) is 26.5 Å². The predicted molar refractivity (Wildman–Crippen MR) is 80.9 cm³/mol. The Morgan fingerprint density at radius 2 is 2.05 bits per heavy atom. The molecular weight excluding hydrogens is 355 g/mol. The smallest absolute Gasteiger partial charge is 0.359 e. The first-order valence-electron chi connectivity index (χ1n) is 6.17. The molecule has 0 saturated heterocycles. The molecule has 2 heterocycles. The molecule has 11 heteroatoms. The standard InChI is InChI=1S/C11H11Cl3N6O2/c1-2-3-20-5(17-18-19-20)4-22-11(21)9-6(12)8(15)7(13)10(14)16-9/h2-4H2,1H3,(H2,15,16). The fraction of sp³-hybridized carbons (Fsp3) is 0.364. The van der Waals surface area contributed by atoms with Crippen molar-refractivity contribution in [3.8, 4) is 0 Å². The van der Waals surface area contributed by atoms with Gasteiger partial charge in [-0.2, -0.15) is 0 Å². The Labute approximate surface area is 140 Å². The SMILES string of the molecule is CCCn1nnnc1COC(=O)c1nc(Cl)c(Cl)c(N)c1Cl. The summed E-state index contributed by atoms with van der Waals surface area (Å²) in [6, 6.07) is 0. The van der Waals surface area contributed by atoms with Gasteiger partial charge in [0.25, 0.3) is 0 Å². The second-order valence-corrected chi connectivity index (χ2v) is 5.30. The Bertz CT molecular complexity index is 705. The molecule has 2 aromatic heterocycles. The fourth-order valence-electron chi connectivity index (χ4n) is 1.58. The lowest BCUT2D eigenvalue weighted by Crippen LogP contribution is -2.13. The lowest BCUT2D eigenvalue weighted by atomic mass is 10.3. The number of nitrogen functional groups attached to an aromatic ring is 1. The minimum atomic E-state index is -0.804. The Hall–Kier alpha value is -1.64. The summed E-state index contributed by atoms with van der Waals surface area (Å²) in [6.45, 7) is 2.45. The van der Waals surface area contributed by atoms with Crippen LogP contribution in [0.25, 0.3) is 0 Å². The predicted octanol–water partition coefficient (Wildman–Crippen LogP) is 2.38. The molecule has 2 rings (SSSR count). The van der Waals surface area contributed by atoms with Crippen molar-refractivity contribution in [1.29, 1.82) is 0 Å². The Balaban J connectivity index is 2.15. The number of tetrazole rings is 1. The average Bonchev–Trinajstić information content (AvgIpc) is 2.94. The van der Waals surface area contributed by atoms with Gasteiger partial charge in [-0.15, -0.1) is 5.10 Å². The molecule has 8 nitrogen and oxygen atoms in total. The van der Waals surface area contributed by atoms with E-state index in [0.717, 1.165) is 6.42 Å². The molecule has 0 aliphatic heterocycles. The number of rotatable bonds is 5. The Morgan fingerprint density at radius 1 is 1.32 bits per heavy atom. The molecule has 2 aromatic rings. The topological polar surface area (TPSA) is 109 Å². The van der Waals surface area contributed by atoms with Gasteiger partial charge in [-0.25, -0.2) is 14.5 Å². The summed E-state index contributed by atoms with van der Waals surface area (Å²) in [5.41, 5.74) is 5.39. The third-order valence-corrected chi connectivity index (χ3v) is 3.77. The van der Waals surface area contributed by atoms with Crippen molar-refractivity contribution >= 4 is 46.5 Å². The molecule has 22 heavy (non-hydrogen) atoms. The van der Waals surface area contributed by atoms with E-state index in [0.29, 0.717) is 12.4 Å². The molecule has 0 aliphatic carbocycles. The molecule has 0 saturated carbocycles. The Kier molecular flexibility index (Phi) is 5.38. The van der Waals surface area contributed by atoms with Crippen LogP contribution in [-0.4, -0.2) is 31.2 Å². The molecule has 0 bridgehead atoms. The first-order chi connectivity index (χ1) is 10.5. The molecule has 0 amide bonds. The first kappa shape index (κ1) is 16.7. The third kappa shape index (κ3) is 3.40. The molecule has 0 aliphatic rings. The lowest BCUT2D eigenvalue weighted by molar-refractivity contribution is 0.0449. The average molecular weight is 366 g/mol. The van der Waals surface area contributed by atoms with Crippen molar-refractivity contribution < 1.29 is 9.53 Å². The van der Waals surface area contributed by atoms with E-state index in [4.69, 9.17) is 45.3 Å². The van der Waals surface area contributed by atoms with Gasteiger partial charge in [-0.05, 0) is 16.8 Å². The van der Waals surface area contributed by atoms with E-state index in [2.05, 4.69) is 20.5 Å². The number of aromatic nitrogens is 5. The molecule has 0 spiro atoms. The molecule has 118 valence electrons. The number of pyridine rings is 1.